The molecule has 2 aromatic heterocycles. The molecule has 0 radical (unpaired) electrons. The lowest BCUT2D eigenvalue weighted by atomic mass is 10.1. The number of rotatable bonds is 2. The highest BCUT2D eigenvalue weighted by atomic mass is 79.9. The molecule has 0 atom stereocenters. The molecule has 24 heavy (non-hydrogen) atoms. The van der Waals surface area contributed by atoms with Gasteiger partial charge >= 0.3 is 0 Å². The zero-order valence-corrected chi connectivity index (χ0v) is 15.4. The van der Waals surface area contributed by atoms with Crippen molar-refractivity contribution in [2.75, 3.05) is 0 Å². The summed E-state index contributed by atoms with van der Waals surface area (Å²) in [6.45, 7) is 3.77. The topological polar surface area (TPSA) is 71.1 Å². The SMILES string of the molecule is Cc1ccc2cc(C(=O)NNC(=O)c3ccc(Br)s3)c(C)nc2c1. The van der Waals surface area contributed by atoms with E-state index in [9.17, 15) is 9.59 Å². The summed E-state index contributed by atoms with van der Waals surface area (Å²) in [5, 5.41) is 0.880. The normalized spacial score (nSPS) is 10.6. The van der Waals surface area contributed by atoms with Crippen LogP contribution in [-0.2, 0) is 0 Å². The summed E-state index contributed by atoms with van der Waals surface area (Å²) in [6.07, 6.45) is 0. The number of hydrazine groups is 1. The van der Waals surface area contributed by atoms with Gasteiger partial charge in [-0.3, -0.25) is 25.4 Å². The first-order valence-electron chi connectivity index (χ1n) is 7.18. The number of hydrogen-bond acceptors (Lipinski definition) is 4. The number of aromatic nitrogens is 1. The van der Waals surface area contributed by atoms with Crippen molar-refractivity contribution in [1.29, 1.82) is 0 Å². The fraction of sp³-hybridized carbons (Fsp3) is 0.118. The van der Waals surface area contributed by atoms with Crippen LogP contribution in [0.25, 0.3) is 10.9 Å². The van der Waals surface area contributed by atoms with Crippen LogP contribution < -0.4 is 10.9 Å². The monoisotopic (exact) mass is 403 g/mol. The predicted molar refractivity (Wildman–Crippen MR) is 98.2 cm³/mol. The van der Waals surface area contributed by atoms with Gasteiger partial charge < -0.3 is 0 Å². The summed E-state index contributed by atoms with van der Waals surface area (Å²) in [6, 6.07) is 11.1. The van der Waals surface area contributed by atoms with Gasteiger partial charge in [0.25, 0.3) is 11.8 Å². The molecule has 3 rings (SSSR count). The molecule has 0 aliphatic carbocycles. The molecule has 5 nitrogen and oxygen atoms in total. The molecule has 3 aromatic rings. The molecular formula is C17H14BrN3O2S. The fourth-order valence-electron chi connectivity index (χ4n) is 2.28. The quantitative estimate of drug-likeness (QED) is 0.640. The Hall–Kier alpha value is -2.25. The minimum Gasteiger partial charge on any atom is -0.267 e. The second-order valence-corrected chi connectivity index (χ2v) is 7.79. The van der Waals surface area contributed by atoms with E-state index in [1.165, 1.54) is 11.3 Å². The van der Waals surface area contributed by atoms with Crippen LogP contribution in [0.2, 0.25) is 0 Å². The molecule has 0 fully saturated rings. The van der Waals surface area contributed by atoms with E-state index in [4.69, 9.17) is 0 Å². The van der Waals surface area contributed by atoms with Crippen molar-refractivity contribution in [2.45, 2.75) is 13.8 Å². The molecule has 0 unspecified atom stereocenters. The van der Waals surface area contributed by atoms with Crippen LogP contribution in [0.15, 0.2) is 40.2 Å². The van der Waals surface area contributed by atoms with Gasteiger partial charge in [0, 0.05) is 5.39 Å². The van der Waals surface area contributed by atoms with Crippen LogP contribution in [0.5, 0.6) is 0 Å². The van der Waals surface area contributed by atoms with Crippen molar-refractivity contribution in [2.24, 2.45) is 0 Å². The first-order chi connectivity index (χ1) is 11.4. The van der Waals surface area contributed by atoms with Crippen molar-refractivity contribution < 1.29 is 9.59 Å². The highest BCUT2D eigenvalue weighted by Gasteiger charge is 2.14. The maximum absolute atomic E-state index is 12.3. The number of fused-ring (bicyclic) bond motifs is 1. The average molecular weight is 404 g/mol. The number of hydrogen-bond donors (Lipinski definition) is 2. The number of nitrogens with one attached hydrogen (secondary N) is 2. The number of benzene rings is 1. The van der Waals surface area contributed by atoms with Crippen LogP contribution in [-0.4, -0.2) is 16.8 Å². The minimum atomic E-state index is -0.397. The summed E-state index contributed by atoms with van der Waals surface area (Å²) in [4.78, 5) is 29.3. The van der Waals surface area contributed by atoms with Gasteiger partial charge in [-0.2, -0.15) is 0 Å². The van der Waals surface area contributed by atoms with Gasteiger partial charge in [-0.1, -0.05) is 12.1 Å². The number of halogens is 1. The van der Waals surface area contributed by atoms with E-state index in [2.05, 4.69) is 31.8 Å². The van der Waals surface area contributed by atoms with Crippen LogP contribution in [0.1, 0.15) is 31.3 Å². The largest absolute Gasteiger partial charge is 0.279 e. The summed E-state index contributed by atoms with van der Waals surface area (Å²) in [5.41, 5.74) is 7.85. The number of amides is 2. The number of nitrogens with zero attached hydrogens (tertiary/aromatic N) is 1. The maximum atomic E-state index is 12.3. The van der Waals surface area contributed by atoms with E-state index < -0.39 is 5.91 Å². The lowest BCUT2D eigenvalue weighted by Gasteiger charge is -2.09. The van der Waals surface area contributed by atoms with Gasteiger partial charge in [-0.15, -0.1) is 11.3 Å². The van der Waals surface area contributed by atoms with Gasteiger partial charge in [0.15, 0.2) is 0 Å². The van der Waals surface area contributed by atoms with E-state index >= 15 is 0 Å². The van der Waals surface area contributed by atoms with Crippen molar-refractivity contribution >= 4 is 50.0 Å². The van der Waals surface area contributed by atoms with E-state index in [1.807, 2.05) is 25.1 Å². The molecule has 0 aliphatic rings. The number of aryl methyl sites for hydroxylation is 2. The smallest absolute Gasteiger partial charge is 0.267 e. The average Bonchev–Trinajstić information content (AvgIpc) is 2.98. The molecule has 2 heterocycles. The van der Waals surface area contributed by atoms with E-state index in [1.54, 1.807) is 25.1 Å². The van der Waals surface area contributed by atoms with E-state index in [0.29, 0.717) is 16.1 Å². The Morgan fingerprint density at radius 1 is 1.04 bits per heavy atom. The molecule has 2 amide bonds. The number of carbonyl (C=O) groups is 2. The molecule has 1 aromatic carbocycles. The third kappa shape index (κ3) is 3.47. The predicted octanol–water partition coefficient (Wildman–Crippen LogP) is 3.75. The summed E-state index contributed by atoms with van der Waals surface area (Å²) < 4.78 is 0.851. The molecule has 0 aliphatic heterocycles. The van der Waals surface area contributed by atoms with Gasteiger partial charge in [-0.25, -0.2) is 0 Å². The first-order valence-corrected chi connectivity index (χ1v) is 8.79. The van der Waals surface area contributed by atoms with Crippen molar-refractivity contribution in [3.63, 3.8) is 0 Å². The van der Waals surface area contributed by atoms with Crippen molar-refractivity contribution in [3.8, 4) is 0 Å². The molecule has 0 bridgehead atoms. The Labute approximate surface area is 151 Å². The Bertz CT molecular complexity index is 952. The second kappa shape index (κ2) is 6.70. The molecule has 7 heteroatoms. The molecule has 2 N–H and O–H groups in total. The van der Waals surface area contributed by atoms with Crippen LogP contribution >= 0.6 is 27.3 Å². The van der Waals surface area contributed by atoms with Crippen molar-refractivity contribution in [1.82, 2.24) is 15.8 Å². The number of pyridine rings is 1. The summed E-state index contributed by atoms with van der Waals surface area (Å²) in [7, 11) is 0. The molecule has 0 saturated heterocycles. The maximum Gasteiger partial charge on any atom is 0.279 e. The van der Waals surface area contributed by atoms with Gasteiger partial charge in [-0.05, 0) is 59.6 Å². The lowest BCUT2D eigenvalue weighted by Crippen LogP contribution is -2.41. The number of carbonyl (C=O) groups excluding carboxylic acids is 2. The standard InChI is InChI=1S/C17H14BrN3O2S/c1-9-3-4-11-8-12(10(2)19-13(11)7-9)16(22)20-21-17(23)14-5-6-15(18)24-14/h3-8H,1-2H3,(H,20,22)(H,21,23). The Morgan fingerprint density at radius 2 is 1.79 bits per heavy atom. The zero-order chi connectivity index (χ0) is 17.3. The third-order valence-corrected chi connectivity index (χ3v) is 5.12. The van der Waals surface area contributed by atoms with E-state index in [-0.39, 0.29) is 5.91 Å². The molecule has 0 spiro atoms. The Kier molecular flexibility index (Phi) is 4.64. The Morgan fingerprint density at radius 3 is 2.50 bits per heavy atom. The molecule has 0 saturated carbocycles. The lowest BCUT2D eigenvalue weighted by molar-refractivity contribution is 0.0848. The highest BCUT2D eigenvalue weighted by molar-refractivity contribution is 9.11. The van der Waals surface area contributed by atoms with Crippen LogP contribution in [0.3, 0.4) is 0 Å². The highest BCUT2D eigenvalue weighted by Crippen LogP contribution is 2.22. The van der Waals surface area contributed by atoms with E-state index in [0.717, 1.165) is 20.3 Å². The fourth-order valence-corrected chi connectivity index (χ4v) is 3.56. The minimum absolute atomic E-state index is 0.360. The molecule has 122 valence electrons. The second-order valence-electron chi connectivity index (χ2n) is 5.33. The van der Waals surface area contributed by atoms with Gasteiger partial charge in [0.05, 0.1) is 25.4 Å². The molecular weight excluding hydrogens is 390 g/mol. The van der Waals surface area contributed by atoms with Gasteiger partial charge in [0.1, 0.15) is 0 Å². The third-order valence-electron chi connectivity index (χ3n) is 3.49. The Balaban J connectivity index is 1.77. The first kappa shape index (κ1) is 16.6. The number of thiophene rings is 1. The van der Waals surface area contributed by atoms with Crippen molar-refractivity contribution in [3.05, 3.63) is 61.9 Å². The zero-order valence-electron chi connectivity index (χ0n) is 13.0. The van der Waals surface area contributed by atoms with Gasteiger partial charge in [0.2, 0.25) is 0 Å². The van der Waals surface area contributed by atoms with Crippen LogP contribution in [0.4, 0.5) is 0 Å². The summed E-state index contributed by atoms with van der Waals surface area (Å²) >= 11 is 4.59. The summed E-state index contributed by atoms with van der Waals surface area (Å²) in [5.74, 6) is -0.757. The van der Waals surface area contributed by atoms with Crippen LogP contribution in [0, 0.1) is 13.8 Å².